The molecule has 1 aromatic carbocycles. The molecule has 0 spiro atoms. The first-order chi connectivity index (χ1) is 13.5. The highest BCUT2D eigenvalue weighted by molar-refractivity contribution is 6.74. The molecule has 1 heterocycles. The Morgan fingerprint density at radius 2 is 1.93 bits per heavy atom. The molecule has 1 N–H and O–H groups in total. The summed E-state index contributed by atoms with van der Waals surface area (Å²) in [6.07, 6.45) is 2.54. The molecule has 2 rings (SSSR count). The summed E-state index contributed by atoms with van der Waals surface area (Å²) in [6, 6.07) is 9.65. The van der Waals surface area contributed by atoms with Crippen LogP contribution in [0.1, 0.15) is 58.1 Å². The highest BCUT2D eigenvalue weighted by Crippen LogP contribution is 2.43. The Labute approximate surface area is 176 Å². The van der Waals surface area contributed by atoms with E-state index in [1.165, 1.54) is 0 Å². The highest BCUT2D eigenvalue weighted by Gasteiger charge is 2.46. The number of rotatable bonds is 7. The minimum atomic E-state index is -2.15. The van der Waals surface area contributed by atoms with E-state index in [-0.39, 0.29) is 23.5 Å². The molecule has 160 valence electrons. The van der Waals surface area contributed by atoms with Gasteiger partial charge in [-0.2, -0.15) is 5.26 Å². The maximum atomic E-state index is 12.7. The number of nitrogens with one attached hydrogen (secondary N) is 1. The third-order valence-corrected chi connectivity index (χ3v) is 11.0. The molecule has 1 aliphatic heterocycles. The number of hydrogen-bond donors (Lipinski definition) is 1. The Balaban J connectivity index is 2.32. The molecule has 6 heteroatoms. The Bertz CT molecular complexity index is 728. The average molecular weight is 417 g/mol. The molecular weight excluding hydrogens is 380 g/mol. The standard InChI is InChI=1S/C23H36N2O3Si/c1-7-23(28-29(5,6)22(2,3)4,20-12-10-18(15-24)11-13-20)17-27-21(26)19-9-8-14-25-16-19/h10-13,19,25H,7-9,14,16-17H2,1-6H3/t19?,23-/m1/s1. The van der Waals surface area contributed by atoms with Crippen molar-refractivity contribution in [1.29, 1.82) is 5.26 Å². The first kappa shape index (κ1) is 23.6. The van der Waals surface area contributed by atoms with Gasteiger partial charge in [-0.1, -0.05) is 39.8 Å². The first-order valence-electron chi connectivity index (χ1n) is 10.6. The van der Waals surface area contributed by atoms with E-state index in [1.54, 1.807) is 0 Å². The van der Waals surface area contributed by atoms with Crippen molar-refractivity contribution in [2.75, 3.05) is 19.7 Å². The second-order valence-corrected chi connectivity index (χ2v) is 14.3. The summed E-state index contributed by atoms with van der Waals surface area (Å²) in [4.78, 5) is 12.7. The van der Waals surface area contributed by atoms with Gasteiger partial charge in [0, 0.05) is 6.54 Å². The lowest BCUT2D eigenvalue weighted by atomic mass is 9.91. The second kappa shape index (κ2) is 9.42. The lowest BCUT2D eigenvalue weighted by Crippen LogP contribution is -2.50. The number of ether oxygens (including phenoxy) is 1. The molecule has 0 radical (unpaired) electrons. The summed E-state index contributed by atoms with van der Waals surface area (Å²) in [7, 11) is -2.15. The van der Waals surface area contributed by atoms with Crippen molar-refractivity contribution in [3.8, 4) is 6.07 Å². The van der Waals surface area contributed by atoms with Gasteiger partial charge in [0.15, 0.2) is 8.32 Å². The van der Waals surface area contributed by atoms with Crippen LogP contribution < -0.4 is 5.32 Å². The monoisotopic (exact) mass is 416 g/mol. The van der Waals surface area contributed by atoms with Crippen molar-refractivity contribution in [1.82, 2.24) is 5.32 Å². The van der Waals surface area contributed by atoms with Crippen molar-refractivity contribution in [3.05, 3.63) is 35.4 Å². The Morgan fingerprint density at radius 1 is 1.28 bits per heavy atom. The number of esters is 1. The van der Waals surface area contributed by atoms with E-state index < -0.39 is 13.9 Å². The van der Waals surface area contributed by atoms with Crippen LogP contribution in [0.5, 0.6) is 0 Å². The maximum Gasteiger partial charge on any atom is 0.310 e. The third kappa shape index (κ3) is 5.69. The largest absolute Gasteiger partial charge is 0.462 e. The SMILES string of the molecule is CC[C@](COC(=O)C1CCCNC1)(O[Si](C)(C)C(C)(C)C)c1ccc(C#N)cc1. The van der Waals surface area contributed by atoms with Crippen LogP contribution in [0.4, 0.5) is 0 Å². The molecule has 1 aliphatic rings. The highest BCUT2D eigenvalue weighted by atomic mass is 28.4. The van der Waals surface area contributed by atoms with Gasteiger partial charge in [0.1, 0.15) is 12.2 Å². The lowest BCUT2D eigenvalue weighted by molar-refractivity contribution is -0.156. The number of piperidine rings is 1. The quantitative estimate of drug-likeness (QED) is 0.514. The zero-order valence-corrected chi connectivity index (χ0v) is 19.8. The molecule has 1 aromatic rings. The van der Waals surface area contributed by atoms with Crippen LogP contribution >= 0.6 is 0 Å². The molecule has 1 saturated heterocycles. The molecule has 0 saturated carbocycles. The van der Waals surface area contributed by atoms with Crippen LogP contribution in [0.25, 0.3) is 0 Å². The fraction of sp³-hybridized carbons (Fsp3) is 0.652. The van der Waals surface area contributed by atoms with E-state index >= 15 is 0 Å². The number of hydrogen-bond acceptors (Lipinski definition) is 5. The summed E-state index contributed by atoms with van der Waals surface area (Å²) < 4.78 is 12.8. The fourth-order valence-electron chi connectivity index (χ4n) is 3.40. The number of nitrogens with zero attached hydrogens (tertiary/aromatic N) is 1. The molecular formula is C23H36N2O3Si. The normalized spacial score (nSPS) is 19.8. The van der Waals surface area contributed by atoms with Crippen LogP contribution in [0.15, 0.2) is 24.3 Å². The zero-order valence-electron chi connectivity index (χ0n) is 18.8. The molecule has 0 aliphatic carbocycles. The van der Waals surface area contributed by atoms with Gasteiger partial charge in [-0.3, -0.25) is 4.79 Å². The van der Waals surface area contributed by atoms with Crippen molar-refractivity contribution >= 4 is 14.3 Å². The smallest absolute Gasteiger partial charge is 0.310 e. The van der Waals surface area contributed by atoms with E-state index in [9.17, 15) is 4.79 Å². The number of nitriles is 1. The molecule has 0 bridgehead atoms. The number of benzene rings is 1. The third-order valence-electron chi connectivity index (χ3n) is 6.45. The van der Waals surface area contributed by atoms with Crippen molar-refractivity contribution < 1.29 is 14.0 Å². The average Bonchev–Trinajstić information content (AvgIpc) is 2.70. The summed E-state index contributed by atoms with van der Waals surface area (Å²) >= 11 is 0. The minimum absolute atomic E-state index is 0.0251. The van der Waals surface area contributed by atoms with Gasteiger partial charge in [0.05, 0.1) is 17.6 Å². The van der Waals surface area contributed by atoms with Gasteiger partial charge < -0.3 is 14.5 Å². The second-order valence-electron chi connectivity index (χ2n) is 9.55. The molecule has 0 aromatic heterocycles. The zero-order chi connectivity index (χ0) is 21.7. The van der Waals surface area contributed by atoms with E-state index in [1.807, 2.05) is 24.3 Å². The fourth-order valence-corrected chi connectivity index (χ4v) is 5.00. The van der Waals surface area contributed by atoms with E-state index in [2.05, 4.69) is 52.2 Å². The lowest BCUT2D eigenvalue weighted by Gasteiger charge is -2.45. The van der Waals surface area contributed by atoms with Crippen LogP contribution in [-0.4, -0.2) is 34.0 Å². The van der Waals surface area contributed by atoms with E-state index in [4.69, 9.17) is 14.4 Å². The van der Waals surface area contributed by atoms with Gasteiger partial charge in [0.25, 0.3) is 0 Å². The molecule has 1 unspecified atom stereocenters. The van der Waals surface area contributed by atoms with E-state index in [0.717, 1.165) is 24.9 Å². The molecule has 5 nitrogen and oxygen atoms in total. The number of carbonyl (C=O) groups excluding carboxylic acids is 1. The molecule has 1 fully saturated rings. The minimum Gasteiger partial charge on any atom is -0.462 e. The first-order valence-corrected chi connectivity index (χ1v) is 13.5. The number of carbonyl (C=O) groups is 1. The summed E-state index contributed by atoms with van der Waals surface area (Å²) in [5.41, 5.74) is 0.851. The molecule has 0 amide bonds. The maximum absolute atomic E-state index is 12.7. The van der Waals surface area contributed by atoms with Crippen LogP contribution in [0, 0.1) is 17.2 Å². The van der Waals surface area contributed by atoms with Crippen molar-refractivity contribution in [2.45, 2.75) is 70.7 Å². The summed E-state index contributed by atoms with van der Waals surface area (Å²) in [5, 5.41) is 12.5. The van der Waals surface area contributed by atoms with Crippen molar-refractivity contribution in [3.63, 3.8) is 0 Å². The Hall–Kier alpha value is -1.68. The van der Waals surface area contributed by atoms with Gasteiger partial charge in [0.2, 0.25) is 0 Å². The predicted molar refractivity (Wildman–Crippen MR) is 118 cm³/mol. The van der Waals surface area contributed by atoms with Gasteiger partial charge >= 0.3 is 5.97 Å². The Kier molecular flexibility index (Phi) is 7.66. The summed E-state index contributed by atoms with van der Waals surface area (Å²) in [6.45, 7) is 15.0. The summed E-state index contributed by atoms with van der Waals surface area (Å²) in [5.74, 6) is -0.241. The predicted octanol–water partition coefficient (Wildman–Crippen LogP) is 4.73. The van der Waals surface area contributed by atoms with Crippen LogP contribution in [0.2, 0.25) is 18.1 Å². The van der Waals surface area contributed by atoms with Crippen LogP contribution in [-0.2, 0) is 19.6 Å². The van der Waals surface area contributed by atoms with Gasteiger partial charge in [-0.15, -0.1) is 0 Å². The molecule has 2 atom stereocenters. The van der Waals surface area contributed by atoms with Crippen molar-refractivity contribution in [2.24, 2.45) is 5.92 Å². The Morgan fingerprint density at radius 3 is 2.41 bits per heavy atom. The molecule has 29 heavy (non-hydrogen) atoms. The van der Waals surface area contributed by atoms with Crippen LogP contribution in [0.3, 0.4) is 0 Å². The topological polar surface area (TPSA) is 71.3 Å². The van der Waals surface area contributed by atoms with Gasteiger partial charge in [-0.25, -0.2) is 0 Å². The van der Waals surface area contributed by atoms with E-state index in [0.29, 0.717) is 18.5 Å². The van der Waals surface area contributed by atoms with Gasteiger partial charge in [-0.05, 0) is 61.6 Å².